The fourth-order valence-corrected chi connectivity index (χ4v) is 2.54. The van der Waals surface area contributed by atoms with Crippen LogP contribution in [0.15, 0.2) is 12.5 Å². The van der Waals surface area contributed by atoms with E-state index in [0.29, 0.717) is 18.0 Å². The van der Waals surface area contributed by atoms with E-state index in [2.05, 4.69) is 15.1 Å². The number of rotatable bonds is 4. The van der Waals surface area contributed by atoms with Gasteiger partial charge in [-0.25, -0.2) is 9.97 Å². The van der Waals surface area contributed by atoms with Crippen molar-refractivity contribution in [2.24, 2.45) is 11.3 Å². The van der Waals surface area contributed by atoms with Gasteiger partial charge in [-0.3, -0.25) is 0 Å². The van der Waals surface area contributed by atoms with E-state index in [1.807, 2.05) is 0 Å². The van der Waals surface area contributed by atoms with Crippen LogP contribution in [0.5, 0.6) is 0 Å². The lowest BCUT2D eigenvalue weighted by Crippen LogP contribution is -2.15. The molecule has 4 N–H and O–H groups in total. The van der Waals surface area contributed by atoms with Gasteiger partial charge in [-0.05, 0) is 18.8 Å². The number of nitrogens with zero attached hydrogens (tertiary/aromatic N) is 4. The Morgan fingerprint density at radius 3 is 2.94 bits per heavy atom. The van der Waals surface area contributed by atoms with Gasteiger partial charge in [0.1, 0.15) is 6.33 Å². The van der Waals surface area contributed by atoms with Crippen LogP contribution in [-0.4, -0.2) is 43.0 Å². The molecule has 1 fully saturated rings. The highest BCUT2D eigenvalue weighted by Gasteiger charge is 2.53. The van der Waals surface area contributed by atoms with Crippen molar-refractivity contribution in [3.8, 4) is 0 Å². The van der Waals surface area contributed by atoms with Crippen LogP contribution in [0.4, 0.5) is 5.95 Å². The van der Waals surface area contributed by atoms with Gasteiger partial charge in [0.15, 0.2) is 5.65 Å². The van der Waals surface area contributed by atoms with Crippen LogP contribution in [0.2, 0.25) is 0 Å². The summed E-state index contributed by atoms with van der Waals surface area (Å²) in [7, 11) is 0. The van der Waals surface area contributed by atoms with Crippen molar-refractivity contribution in [2.75, 3.05) is 18.9 Å². The van der Waals surface area contributed by atoms with Crippen LogP contribution in [0.3, 0.4) is 0 Å². The minimum absolute atomic E-state index is 0.0656. The van der Waals surface area contributed by atoms with Crippen molar-refractivity contribution in [3.63, 3.8) is 0 Å². The topological polar surface area (TPSA) is 110 Å². The van der Waals surface area contributed by atoms with Crippen molar-refractivity contribution in [1.29, 1.82) is 0 Å². The normalized spacial score (nSPS) is 26.7. The fraction of sp³-hybridized carbons (Fsp3) is 0.545. The van der Waals surface area contributed by atoms with E-state index in [0.717, 1.165) is 12.0 Å². The zero-order chi connectivity index (χ0) is 12.8. The fourth-order valence-electron chi connectivity index (χ4n) is 2.54. The first-order valence-electron chi connectivity index (χ1n) is 5.85. The maximum Gasteiger partial charge on any atom is 0.224 e. The molecule has 0 unspecified atom stereocenters. The first kappa shape index (κ1) is 11.4. The van der Waals surface area contributed by atoms with Crippen molar-refractivity contribution < 1.29 is 10.2 Å². The highest BCUT2D eigenvalue weighted by molar-refractivity contribution is 5.49. The van der Waals surface area contributed by atoms with Crippen molar-refractivity contribution in [1.82, 2.24) is 19.6 Å². The third-order valence-electron chi connectivity index (χ3n) is 3.84. The maximum atomic E-state index is 9.49. The molecule has 0 spiro atoms. The molecule has 0 radical (unpaired) electrons. The first-order chi connectivity index (χ1) is 8.70. The molecule has 2 atom stereocenters. The van der Waals surface area contributed by atoms with Gasteiger partial charge in [0.05, 0.1) is 6.20 Å². The largest absolute Gasteiger partial charge is 0.396 e. The molecular formula is C11H15N5O2. The van der Waals surface area contributed by atoms with Gasteiger partial charge in [0.25, 0.3) is 0 Å². The Labute approximate surface area is 103 Å². The van der Waals surface area contributed by atoms with E-state index in [9.17, 15) is 10.2 Å². The lowest BCUT2D eigenvalue weighted by molar-refractivity contribution is 0.172. The van der Waals surface area contributed by atoms with Gasteiger partial charge >= 0.3 is 0 Å². The summed E-state index contributed by atoms with van der Waals surface area (Å²) < 4.78 is 1.48. The number of hydrogen-bond acceptors (Lipinski definition) is 6. The Morgan fingerprint density at radius 2 is 2.28 bits per heavy atom. The Bertz CT molecular complexity index is 584. The Balaban J connectivity index is 1.94. The van der Waals surface area contributed by atoms with E-state index in [1.165, 1.54) is 10.8 Å². The molecule has 2 aromatic rings. The molecule has 2 aromatic heterocycles. The molecule has 1 aliphatic carbocycles. The summed E-state index contributed by atoms with van der Waals surface area (Å²) in [4.78, 5) is 8.03. The second-order valence-electron chi connectivity index (χ2n) is 4.92. The molecule has 0 aliphatic heterocycles. The van der Waals surface area contributed by atoms with Gasteiger partial charge in [0.2, 0.25) is 5.95 Å². The van der Waals surface area contributed by atoms with Crippen LogP contribution >= 0.6 is 0 Å². The predicted octanol–water partition coefficient (Wildman–Crippen LogP) is -0.760. The molecule has 7 nitrogen and oxygen atoms in total. The molecule has 0 aromatic carbocycles. The van der Waals surface area contributed by atoms with Crippen LogP contribution in [0.1, 0.15) is 12.0 Å². The number of fused-ring (bicyclic) bond motifs is 1. The van der Waals surface area contributed by atoms with E-state index in [4.69, 9.17) is 5.73 Å². The molecular weight excluding hydrogens is 234 g/mol. The van der Waals surface area contributed by atoms with E-state index in [1.54, 1.807) is 6.20 Å². The monoisotopic (exact) mass is 249 g/mol. The van der Waals surface area contributed by atoms with E-state index >= 15 is 0 Å². The number of aliphatic hydroxyl groups is 2. The lowest BCUT2D eigenvalue weighted by atomic mass is 9.96. The van der Waals surface area contributed by atoms with Crippen molar-refractivity contribution in [3.05, 3.63) is 18.1 Å². The summed E-state index contributed by atoms with van der Waals surface area (Å²) in [5.74, 6) is 0.454. The molecule has 1 saturated carbocycles. The first-order valence-corrected chi connectivity index (χ1v) is 5.85. The molecule has 1 aliphatic rings. The van der Waals surface area contributed by atoms with Gasteiger partial charge in [-0.2, -0.15) is 9.61 Å². The summed E-state index contributed by atoms with van der Waals surface area (Å²) in [6.07, 6.45) is 4.58. The van der Waals surface area contributed by atoms with Gasteiger partial charge in [-0.1, -0.05) is 0 Å². The Kier molecular flexibility index (Phi) is 2.46. The standard InChI is InChI=1S/C11H15N5O2/c12-10-14-6-13-9-7(3-15-16(9)10)1-11(5-18)2-8(11)4-17/h3,6,8,17-18H,1-2,4-5H2,(H2,12,13,14)/t8-,11-/m0/s1. The third-order valence-corrected chi connectivity index (χ3v) is 3.84. The second-order valence-corrected chi connectivity index (χ2v) is 4.92. The van der Waals surface area contributed by atoms with Crippen molar-refractivity contribution >= 4 is 11.6 Å². The van der Waals surface area contributed by atoms with Crippen LogP contribution in [0.25, 0.3) is 5.65 Å². The summed E-state index contributed by atoms with van der Waals surface area (Å²) in [6, 6.07) is 0. The Hall–Kier alpha value is -1.73. The van der Waals surface area contributed by atoms with Gasteiger partial charge in [0, 0.05) is 24.2 Å². The number of aliphatic hydroxyl groups excluding tert-OH is 2. The van der Waals surface area contributed by atoms with Crippen LogP contribution < -0.4 is 5.73 Å². The smallest absolute Gasteiger partial charge is 0.224 e. The molecule has 7 heteroatoms. The zero-order valence-corrected chi connectivity index (χ0v) is 9.82. The summed E-state index contributed by atoms with van der Waals surface area (Å²) in [5, 5.41) is 22.8. The quantitative estimate of drug-likeness (QED) is 0.657. The van der Waals surface area contributed by atoms with Crippen LogP contribution in [-0.2, 0) is 6.42 Å². The lowest BCUT2D eigenvalue weighted by Gasteiger charge is -2.12. The van der Waals surface area contributed by atoms with E-state index < -0.39 is 0 Å². The number of nitrogen functional groups attached to an aromatic ring is 1. The molecule has 3 rings (SSSR count). The highest BCUT2D eigenvalue weighted by Crippen LogP contribution is 2.54. The second kappa shape index (κ2) is 3.89. The van der Waals surface area contributed by atoms with Crippen molar-refractivity contribution in [2.45, 2.75) is 12.8 Å². The summed E-state index contributed by atoms with van der Waals surface area (Å²) >= 11 is 0. The minimum Gasteiger partial charge on any atom is -0.396 e. The zero-order valence-electron chi connectivity index (χ0n) is 9.82. The average molecular weight is 249 g/mol. The SMILES string of the molecule is Nc1ncnc2c(C[C@@]3(CO)C[C@H]3CO)cnn12. The number of anilines is 1. The number of hydrogen-bond donors (Lipinski definition) is 3. The minimum atomic E-state index is -0.224. The molecule has 18 heavy (non-hydrogen) atoms. The predicted molar refractivity (Wildman–Crippen MR) is 63.6 cm³/mol. The molecule has 2 heterocycles. The number of aromatic nitrogens is 4. The summed E-state index contributed by atoms with van der Waals surface area (Å²) in [6.45, 7) is 0.174. The molecule has 0 amide bonds. The van der Waals surface area contributed by atoms with Gasteiger partial charge < -0.3 is 15.9 Å². The molecule has 0 bridgehead atoms. The number of nitrogens with two attached hydrogens (primary N) is 1. The van der Waals surface area contributed by atoms with Crippen LogP contribution in [0, 0.1) is 11.3 Å². The third kappa shape index (κ3) is 1.55. The van der Waals surface area contributed by atoms with Gasteiger partial charge in [-0.15, -0.1) is 0 Å². The summed E-state index contributed by atoms with van der Waals surface area (Å²) in [5.41, 5.74) is 7.06. The highest BCUT2D eigenvalue weighted by atomic mass is 16.3. The average Bonchev–Trinajstić information content (AvgIpc) is 2.94. The molecule has 96 valence electrons. The molecule has 0 saturated heterocycles. The maximum absolute atomic E-state index is 9.49. The Morgan fingerprint density at radius 1 is 1.44 bits per heavy atom. The van der Waals surface area contributed by atoms with E-state index in [-0.39, 0.29) is 24.5 Å².